The number of carbonyl (C=O) groups is 1. The smallest absolute Gasteiger partial charge is 0.232 e. The van der Waals surface area contributed by atoms with E-state index in [4.69, 9.17) is 0 Å². The third-order valence-electron chi connectivity index (χ3n) is 4.66. The molecule has 0 atom stereocenters. The van der Waals surface area contributed by atoms with Crippen molar-refractivity contribution >= 4 is 27.3 Å². The molecular formula is C21H28N2O3S. The Morgan fingerprint density at radius 1 is 0.926 bits per heavy atom. The summed E-state index contributed by atoms with van der Waals surface area (Å²) in [7, 11) is -3.48. The Bertz CT molecular complexity index is 942. The first-order valence-electron chi connectivity index (χ1n) is 8.91. The van der Waals surface area contributed by atoms with E-state index >= 15 is 0 Å². The standard InChI is InChI=1S/C21H28N2O3S/c1-14-11-17(4)21(18(5)12-14)22-20(24)9-10-23(27(6,25)26)19-8-7-15(2)16(3)13-19/h7-8,11-13H,9-10H2,1-6H3,(H,22,24). The first-order chi connectivity index (χ1) is 12.5. The van der Waals surface area contributed by atoms with E-state index in [0.717, 1.165) is 39.8 Å². The molecule has 0 saturated carbocycles. The van der Waals surface area contributed by atoms with Crippen LogP contribution in [0.25, 0.3) is 0 Å². The van der Waals surface area contributed by atoms with Crippen molar-refractivity contribution in [1.82, 2.24) is 0 Å². The fourth-order valence-corrected chi connectivity index (χ4v) is 4.07. The number of aryl methyl sites for hydroxylation is 5. The molecule has 0 fully saturated rings. The van der Waals surface area contributed by atoms with Gasteiger partial charge in [-0.25, -0.2) is 8.42 Å². The Morgan fingerprint density at radius 3 is 2.04 bits per heavy atom. The lowest BCUT2D eigenvalue weighted by molar-refractivity contribution is -0.116. The summed E-state index contributed by atoms with van der Waals surface area (Å²) in [4.78, 5) is 12.5. The van der Waals surface area contributed by atoms with Crippen molar-refractivity contribution < 1.29 is 13.2 Å². The maximum absolute atomic E-state index is 12.5. The second-order valence-electron chi connectivity index (χ2n) is 7.18. The molecule has 2 aromatic rings. The third kappa shape index (κ3) is 5.32. The van der Waals surface area contributed by atoms with E-state index in [1.54, 1.807) is 6.07 Å². The minimum Gasteiger partial charge on any atom is -0.326 e. The number of hydrogen-bond acceptors (Lipinski definition) is 3. The predicted octanol–water partition coefficient (Wildman–Crippen LogP) is 4.02. The molecule has 0 bridgehead atoms. The highest BCUT2D eigenvalue weighted by molar-refractivity contribution is 7.92. The molecule has 6 heteroatoms. The van der Waals surface area contributed by atoms with Gasteiger partial charge in [0.1, 0.15) is 0 Å². The Hall–Kier alpha value is -2.34. The Balaban J connectivity index is 2.16. The second kappa shape index (κ2) is 8.13. The Labute approximate surface area is 162 Å². The molecule has 0 aromatic heterocycles. The Kier molecular flexibility index (Phi) is 6.31. The summed E-state index contributed by atoms with van der Waals surface area (Å²) in [6.07, 6.45) is 1.24. The van der Waals surface area contributed by atoms with Gasteiger partial charge < -0.3 is 5.32 Å². The fraction of sp³-hybridized carbons (Fsp3) is 0.381. The quantitative estimate of drug-likeness (QED) is 0.813. The van der Waals surface area contributed by atoms with Gasteiger partial charge in [0.15, 0.2) is 0 Å². The molecule has 1 N–H and O–H groups in total. The SMILES string of the molecule is Cc1cc(C)c(NC(=O)CCN(c2ccc(C)c(C)c2)S(C)(=O)=O)c(C)c1. The number of anilines is 2. The van der Waals surface area contributed by atoms with Gasteiger partial charge in [-0.3, -0.25) is 9.10 Å². The molecule has 0 aliphatic carbocycles. The zero-order valence-electron chi connectivity index (χ0n) is 16.9. The van der Waals surface area contributed by atoms with Crippen LogP contribution in [0.2, 0.25) is 0 Å². The van der Waals surface area contributed by atoms with Crippen LogP contribution in [0, 0.1) is 34.6 Å². The molecule has 0 unspecified atom stereocenters. The lowest BCUT2D eigenvalue weighted by Gasteiger charge is -2.23. The zero-order valence-corrected chi connectivity index (χ0v) is 17.7. The summed E-state index contributed by atoms with van der Waals surface area (Å²) in [5.74, 6) is -0.206. The number of nitrogens with zero attached hydrogens (tertiary/aromatic N) is 1. The third-order valence-corrected chi connectivity index (χ3v) is 5.86. The van der Waals surface area contributed by atoms with Gasteiger partial charge in [0.05, 0.1) is 11.9 Å². The summed E-state index contributed by atoms with van der Waals surface area (Å²) in [6, 6.07) is 9.53. The monoisotopic (exact) mass is 388 g/mol. The topological polar surface area (TPSA) is 66.5 Å². The molecule has 2 rings (SSSR count). The van der Waals surface area contributed by atoms with Gasteiger partial charge in [-0.05, 0) is 69.0 Å². The zero-order chi connectivity index (χ0) is 20.4. The van der Waals surface area contributed by atoms with Gasteiger partial charge in [-0.15, -0.1) is 0 Å². The molecular weight excluding hydrogens is 360 g/mol. The van der Waals surface area contributed by atoms with Crippen molar-refractivity contribution in [1.29, 1.82) is 0 Å². The van der Waals surface area contributed by atoms with Crippen LogP contribution in [-0.4, -0.2) is 27.1 Å². The van der Waals surface area contributed by atoms with Crippen LogP contribution in [0.15, 0.2) is 30.3 Å². The number of benzene rings is 2. The summed E-state index contributed by atoms with van der Waals surface area (Å²) in [5, 5.41) is 2.92. The van der Waals surface area contributed by atoms with E-state index in [-0.39, 0.29) is 18.9 Å². The molecule has 0 radical (unpaired) electrons. The van der Waals surface area contributed by atoms with Gasteiger partial charge in [-0.2, -0.15) is 0 Å². The number of hydrogen-bond donors (Lipinski definition) is 1. The van der Waals surface area contributed by atoms with Crippen LogP contribution < -0.4 is 9.62 Å². The molecule has 5 nitrogen and oxygen atoms in total. The summed E-state index contributed by atoms with van der Waals surface area (Å²) in [5.41, 5.74) is 6.61. The lowest BCUT2D eigenvalue weighted by Crippen LogP contribution is -2.33. The van der Waals surface area contributed by atoms with Crippen molar-refractivity contribution in [2.24, 2.45) is 0 Å². The number of sulfonamides is 1. The molecule has 2 aromatic carbocycles. The van der Waals surface area contributed by atoms with Crippen molar-refractivity contribution in [2.45, 2.75) is 41.0 Å². The summed E-state index contributed by atoms with van der Waals surface area (Å²) >= 11 is 0. The van der Waals surface area contributed by atoms with Crippen LogP contribution in [0.1, 0.15) is 34.2 Å². The largest absolute Gasteiger partial charge is 0.326 e. The lowest BCUT2D eigenvalue weighted by atomic mass is 10.1. The number of amides is 1. The summed E-state index contributed by atoms with van der Waals surface area (Å²) < 4.78 is 25.8. The van der Waals surface area contributed by atoms with Gasteiger partial charge in [0.25, 0.3) is 0 Å². The van der Waals surface area contributed by atoms with E-state index in [9.17, 15) is 13.2 Å². The number of carbonyl (C=O) groups excluding carboxylic acids is 1. The van der Waals surface area contributed by atoms with E-state index in [1.165, 1.54) is 4.31 Å². The highest BCUT2D eigenvalue weighted by atomic mass is 32.2. The molecule has 1 amide bonds. The molecule has 0 spiro atoms. The molecule has 27 heavy (non-hydrogen) atoms. The number of nitrogens with one attached hydrogen (secondary N) is 1. The molecule has 0 aliphatic rings. The normalized spacial score (nSPS) is 11.3. The van der Waals surface area contributed by atoms with Gasteiger partial charge >= 0.3 is 0 Å². The highest BCUT2D eigenvalue weighted by Gasteiger charge is 2.19. The van der Waals surface area contributed by atoms with Crippen LogP contribution >= 0.6 is 0 Å². The van der Waals surface area contributed by atoms with Crippen LogP contribution in [0.4, 0.5) is 11.4 Å². The fourth-order valence-electron chi connectivity index (χ4n) is 3.15. The van der Waals surface area contributed by atoms with E-state index in [0.29, 0.717) is 5.69 Å². The van der Waals surface area contributed by atoms with E-state index < -0.39 is 10.0 Å². The maximum Gasteiger partial charge on any atom is 0.232 e. The molecule has 0 heterocycles. The first-order valence-corrected chi connectivity index (χ1v) is 10.8. The van der Waals surface area contributed by atoms with Crippen molar-refractivity contribution in [3.05, 3.63) is 58.1 Å². The average Bonchev–Trinajstić information content (AvgIpc) is 2.53. The van der Waals surface area contributed by atoms with Crippen LogP contribution in [0.3, 0.4) is 0 Å². The maximum atomic E-state index is 12.5. The molecule has 0 saturated heterocycles. The average molecular weight is 389 g/mol. The highest BCUT2D eigenvalue weighted by Crippen LogP contribution is 2.23. The van der Waals surface area contributed by atoms with E-state index in [2.05, 4.69) is 5.32 Å². The van der Waals surface area contributed by atoms with Gasteiger partial charge in [-0.1, -0.05) is 23.8 Å². The van der Waals surface area contributed by atoms with Crippen LogP contribution in [-0.2, 0) is 14.8 Å². The van der Waals surface area contributed by atoms with Crippen molar-refractivity contribution in [2.75, 3.05) is 22.4 Å². The molecule has 0 aliphatic heterocycles. The molecule has 146 valence electrons. The van der Waals surface area contributed by atoms with Crippen LogP contribution in [0.5, 0.6) is 0 Å². The van der Waals surface area contributed by atoms with Gasteiger partial charge in [0, 0.05) is 18.7 Å². The number of rotatable bonds is 6. The van der Waals surface area contributed by atoms with Gasteiger partial charge in [0.2, 0.25) is 15.9 Å². The van der Waals surface area contributed by atoms with E-state index in [1.807, 2.05) is 58.9 Å². The second-order valence-corrected chi connectivity index (χ2v) is 9.08. The Morgan fingerprint density at radius 2 is 1.52 bits per heavy atom. The van der Waals surface area contributed by atoms with Crippen molar-refractivity contribution in [3.8, 4) is 0 Å². The minimum absolute atomic E-state index is 0.0761. The predicted molar refractivity (Wildman–Crippen MR) is 112 cm³/mol. The first kappa shape index (κ1) is 21.0. The summed E-state index contributed by atoms with van der Waals surface area (Å²) in [6.45, 7) is 9.93. The minimum atomic E-state index is -3.48. The van der Waals surface area contributed by atoms with Crippen molar-refractivity contribution in [3.63, 3.8) is 0 Å².